The number of nitrogens with zero attached hydrogens (tertiary/aromatic N) is 1. The van der Waals surface area contributed by atoms with Crippen molar-refractivity contribution in [2.45, 2.75) is 32.6 Å². The average Bonchev–Trinajstić information content (AvgIpc) is 3.20. The first-order valence-electron chi connectivity index (χ1n) is 11.4. The molecule has 0 aliphatic heterocycles. The maximum atomic E-state index is 13.6. The van der Waals surface area contributed by atoms with Crippen LogP contribution in [0.2, 0.25) is 5.02 Å². The first-order chi connectivity index (χ1) is 16.5. The van der Waals surface area contributed by atoms with E-state index in [4.69, 9.17) is 22.3 Å². The molecule has 0 unspecified atom stereocenters. The van der Waals surface area contributed by atoms with Gasteiger partial charge in [-0.05, 0) is 48.9 Å². The summed E-state index contributed by atoms with van der Waals surface area (Å²) in [6.45, 7) is 2.19. The highest BCUT2D eigenvalue weighted by Crippen LogP contribution is 2.40. The number of carbonyl (C=O) groups is 2. The van der Waals surface area contributed by atoms with E-state index in [1.165, 1.54) is 11.3 Å². The third-order valence-electron chi connectivity index (χ3n) is 6.53. The number of amides is 2. The Morgan fingerprint density at radius 1 is 1.18 bits per heavy atom. The Kier molecular flexibility index (Phi) is 6.11. The van der Waals surface area contributed by atoms with Gasteiger partial charge in [-0.2, -0.15) is 0 Å². The molecule has 0 spiro atoms. The lowest BCUT2D eigenvalue weighted by Crippen LogP contribution is -2.20. The van der Waals surface area contributed by atoms with Gasteiger partial charge in [-0.1, -0.05) is 61.3 Å². The van der Waals surface area contributed by atoms with Gasteiger partial charge in [0.2, 0.25) is 0 Å². The molecular weight excluding hydrogens is 466 g/mol. The number of halogens is 1. The molecule has 0 bridgehead atoms. The highest BCUT2D eigenvalue weighted by atomic mass is 35.5. The number of primary amides is 1. The molecule has 2 aromatic heterocycles. The number of pyridine rings is 1. The summed E-state index contributed by atoms with van der Waals surface area (Å²) in [4.78, 5) is 31.8. The molecule has 5 nitrogen and oxygen atoms in total. The van der Waals surface area contributed by atoms with E-state index in [-0.39, 0.29) is 5.91 Å². The molecular formula is C27H24ClN3O2S. The Balaban J connectivity index is 1.58. The van der Waals surface area contributed by atoms with E-state index in [9.17, 15) is 9.59 Å². The number of thiophene rings is 1. The van der Waals surface area contributed by atoms with Gasteiger partial charge in [0, 0.05) is 20.8 Å². The molecule has 0 saturated carbocycles. The Hall–Kier alpha value is -3.22. The minimum absolute atomic E-state index is 0.306. The minimum Gasteiger partial charge on any atom is -0.365 e. The van der Waals surface area contributed by atoms with E-state index in [0.717, 1.165) is 47.1 Å². The van der Waals surface area contributed by atoms with Gasteiger partial charge in [0.15, 0.2) is 0 Å². The van der Waals surface area contributed by atoms with Crippen LogP contribution in [-0.4, -0.2) is 16.8 Å². The van der Waals surface area contributed by atoms with Gasteiger partial charge in [-0.15, -0.1) is 11.3 Å². The van der Waals surface area contributed by atoms with Crippen molar-refractivity contribution in [1.82, 2.24) is 4.98 Å². The molecule has 5 rings (SSSR count). The monoisotopic (exact) mass is 489 g/mol. The zero-order chi connectivity index (χ0) is 23.8. The molecule has 3 N–H and O–H groups in total. The van der Waals surface area contributed by atoms with E-state index in [0.29, 0.717) is 38.3 Å². The SMILES string of the molecule is CC[C@@H]1CCc2c(sc(NC(=O)c3cc(-c4ccccc4Cl)nc4ccccc34)c2C(N)=O)C1. The Morgan fingerprint density at radius 2 is 1.94 bits per heavy atom. The van der Waals surface area contributed by atoms with Gasteiger partial charge < -0.3 is 11.1 Å². The second-order valence-electron chi connectivity index (χ2n) is 8.60. The number of fused-ring (bicyclic) bond motifs is 2. The fraction of sp³-hybridized carbons (Fsp3) is 0.222. The first-order valence-corrected chi connectivity index (χ1v) is 12.6. The zero-order valence-corrected chi connectivity index (χ0v) is 20.3. The molecule has 7 heteroatoms. The van der Waals surface area contributed by atoms with Crippen molar-refractivity contribution in [2.75, 3.05) is 5.32 Å². The summed E-state index contributed by atoms with van der Waals surface area (Å²) in [6.07, 6.45) is 3.86. The lowest BCUT2D eigenvalue weighted by atomic mass is 9.85. The Labute approximate surface area is 207 Å². The largest absolute Gasteiger partial charge is 0.365 e. The van der Waals surface area contributed by atoms with E-state index in [1.54, 1.807) is 12.1 Å². The van der Waals surface area contributed by atoms with Crippen molar-refractivity contribution < 1.29 is 9.59 Å². The predicted octanol–water partition coefficient (Wildman–Crippen LogP) is 6.48. The minimum atomic E-state index is -0.501. The molecule has 172 valence electrons. The summed E-state index contributed by atoms with van der Waals surface area (Å²) < 4.78 is 0. The third-order valence-corrected chi connectivity index (χ3v) is 8.03. The first kappa shape index (κ1) is 22.6. The van der Waals surface area contributed by atoms with Gasteiger partial charge in [0.05, 0.1) is 22.3 Å². The van der Waals surface area contributed by atoms with Gasteiger partial charge >= 0.3 is 0 Å². The van der Waals surface area contributed by atoms with E-state index >= 15 is 0 Å². The normalized spacial score (nSPS) is 15.2. The highest BCUT2D eigenvalue weighted by molar-refractivity contribution is 7.17. The van der Waals surface area contributed by atoms with Gasteiger partial charge in [0.1, 0.15) is 5.00 Å². The number of hydrogen-bond donors (Lipinski definition) is 2. The molecule has 2 heterocycles. The smallest absolute Gasteiger partial charge is 0.257 e. The molecule has 0 fully saturated rings. The summed E-state index contributed by atoms with van der Waals surface area (Å²) in [5, 5.41) is 4.81. The summed E-state index contributed by atoms with van der Waals surface area (Å²) in [5.74, 6) is -0.211. The van der Waals surface area contributed by atoms with E-state index in [1.807, 2.05) is 42.5 Å². The average molecular weight is 490 g/mol. The van der Waals surface area contributed by atoms with Crippen LogP contribution in [-0.2, 0) is 12.8 Å². The van der Waals surface area contributed by atoms with Crippen LogP contribution in [0.25, 0.3) is 22.2 Å². The van der Waals surface area contributed by atoms with Crippen LogP contribution in [0.15, 0.2) is 54.6 Å². The predicted molar refractivity (Wildman–Crippen MR) is 139 cm³/mol. The fourth-order valence-electron chi connectivity index (χ4n) is 4.69. The maximum absolute atomic E-state index is 13.6. The van der Waals surface area contributed by atoms with E-state index < -0.39 is 5.91 Å². The molecule has 1 atom stereocenters. The molecule has 0 radical (unpaired) electrons. The number of rotatable bonds is 5. The molecule has 1 aliphatic carbocycles. The number of aromatic nitrogens is 1. The molecule has 0 saturated heterocycles. The number of nitrogens with one attached hydrogen (secondary N) is 1. The Morgan fingerprint density at radius 3 is 2.71 bits per heavy atom. The van der Waals surface area contributed by atoms with Crippen LogP contribution >= 0.6 is 22.9 Å². The van der Waals surface area contributed by atoms with Crippen LogP contribution in [0.1, 0.15) is 50.9 Å². The quantitative estimate of drug-likeness (QED) is 0.336. The third kappa shape index (κ3) is 4.08. The zero-order valence-electron chi connectivity index (χ0n) is 18.7. The topological polar surface area (TPSA) is 85.1 Å². The number of benzene rings is 2. The van der Waals surface area contributed by atoms with Gasteiger partial charge in [-0.25, -0.2) is 4.98 Å². The van der Waals surface area contributed by atoms with Crippen molar-refractivity contribution >= 4 is 50.7 Å². The van der Waals surface area contributed by atoms with Crippen LogP contribution < -0.4 is 11.1 Å². The van der Waals surface area contributed by atoms with E-state index in [2.05, 4.69) is 12.2 Å². The number of carbonyl (C=O) groups excluding carboxylic acids is 2. The molecule has 2 aromatic carbocycles. The fourth-order valence-corrected chi connectivity index (χ4v) is 6.29. The van der Waals surface area contributed by atoms with Crippen LogP contribution in [0, 0.1) is 5.92 Å². The number of para-hydroxylation sites is 1. The molecule has 1 aliphatic rings. The summed E-state index contributed by atoms with van der Waals surface area (Å²) in [7, 11) is 0. The second kappa shape index (κ2) is 9.20. The second-order valence-corrected chi connectivity index (χ2v) is 10.1. The summed E-state index contributed by atoms with van der Waals surface area (Å²) in [5.41, 5.74) is 9.73. The Bertz CT molecular complexity index is 1430. The van der Waals surface area contributed by atoms with Crippen molar-refractivity contribution in [2.24, 2.45) is 11.7 Å². The van der Waals surface area contributed by atoms with Crippen molar-refractivity contribution in [3.63, 3.8) is 0 Å². The summed E-state index contributed by atoms with van der Waals surface area (Å²) >= 11 is 7.89. The summed E-state index contributed by atoms with van der Waals surface area (Å²) in [6, 6.07) is 16.7. The van der Waals surface area contributed by atoms with Crippen LogP contribution in [0.4, 0.5) is 5.00 Å². The van der Waals surface area contributed by atoms with Crippen molar-refractivity contribution in [1.29, 1.82) is 0 Å². The van der Waals surface area contributed by atoms with Crippen molar-refractivity contribution in [3.05, 3.63) is 81.2 Å². The van der Waals surface area contributed by atoms with Gasteiger partial charge in [0.25, 0.3) is 11.8 Å². The lowest BCUT2D eigenvalue weighted by Gasteiger charge is -2.20. The number of nitrogens with two attached hydrogens (primary N) is 1. The number of hydrogen-bond acceptors (Lipinski definition) is 4. The van der Waals surface area contributed by atoms with Crippen LogP contribution in [0.5, 0.6) is 0 Å². The van der Waals surface area contributed by atoms with Crippen molar-refractivity contribution in [3.8, 4) is 11.3 Å². The standard InChI is InChI=1S/C27H24ClN3O2S/c1-2-15-11-12-18-23(13-15)34-27(24(18)25(29)32)31-26(33)19-14-22(17-8-3-5-9-20(17)28)30-21-10-6-4-7-16(19)21/h3-10,14-15H,2,11-13H2,1H3,(H2,29,32)(H,31,33)/t15-/m1/s1. The molecule has 4 aromatic rings. The van der Waals surface area contributed by atoms with Gasteiger partial charge in [-0.3, -0.25) is 9.59 Å². The highest BCUT2D eigenvalue weighted by Gasteiger charge is 2.28. The molecule has 2 amide bonds. The number of anilines is 1. The van der Waals surface area contributed by atoms with Crippen LogP contribution in [0.3, 0.4) is 0 Å². The molecule has 34 heavy (non-hydrogen) atoms. The maximum Gasteiger partial charge on any atom is 0.257 e. The lowest BCUT2D eigenvalue weighted by molar-refractivity contribution is 0.1000.